The van der Waals surface area contributed by atoms with Crippen molar-refractivity contribution in [2.45, 2.75) is 39.0 Å². The van der Waals surface area contributed by atoms with Crippen molar-refractivity contribution >= 4 is 28.3 Å². The summed E-state index contributed by atoms with van der Waals surface area (Å²) in [6.45, 7) is 13.2. The minimum Gasteiger partial charge on any atom is -0.464 e. The van der Waals surface area contributed by atoms with Gasteiger partial charge in [0.05, 0.1) is 45.8 Å². The number of carbonyl (C=O) groups excluding carboxylic acids is 2. The first-order valence-corrected chi connectivity index (χ1v) is 15.6. The molecular weight excluding hydrogens is 530 g/mol. The summed E-state index contributed by atoms with van der Waals surface area (Å²) in [5.41, 5.74) is 9.25. The Bertz CT molecular complexity index is 1440. The quantitative estimate of drug-likeness (QED) is 0.264. The van der Waals surface area contributed by atoms with E-state index in [4.69, 9.17) is 4.74 Å². The van der Waals surface area contributed by atoms with Crippen LogP contribution in [-0.4, -0.2) is 117 Å². The van der Waals surface area contributed by atoms with E-state index in [-0.39, 0.29) is 17.9 Å². The summed E-state index contributed by atoms with van der Waals surface area (Å²) < 4.78 is 7.40. The lowest BCUT2D eigenvalue weighted by Gasteiger charge is -2.46. The van der Waals surface area contributed by atoms with E-state index in [1.165, 1.54) is 60.9 Å². The van der Waals surface area contributed by atoms with Crippen molar-refractivity contribution in [1.82, 2.24) is 4.90 Å². The first-order chi connectivity index (χ1) is 20.0. The number of fused-ring (bicyclic) bond motifs is 1. The Kier molecular flexibility index (Phi) is 7.37. The van der Waals surface area contributed by atoms with Crippen LogP contribution in [0.2, 0.25) is 0 Å². The fraction of sp³-hybridized carbons (Fsp3) is 0.576. The minimum atomic E-state index is -0.755. The first kappa shape index (κ1) is 29.1. The van der Waals surface area contributed by atoms with Crippen LogP contribution < -0.4 is 10.6 Å². The highest BCUT2D eigenvalue weighted by atomic mass is 16.5. The van der Waals surface area contributed by atoms with Gasteiger partial charge in [-0.15, -0.1) is 0 Å². The Labute approximate surface area is 249 Å². The maximum atomic E-state index is 13.0. The molecule has 6 rings (SSSR count). The molecule has 9 heteroatoms. The third kappa shape index (κ3) is 4.61. The summed E-state index contributed by atoms with van der Waals surface area (Å²) in [5, 5.41) is 12.9. The van der Waals surface area contributed by atoms with Gasteiger partial charge in [-0.2, -0.15) is 0 Å². The third-order valence-electron chi connectivity index (χ3n) is 10.9. The molecule has 4 aliphatic rings. The molecule has 0 radical (unpaired) electrons. The molecule has 0 saturated carbocycles. The summed E-state index contributed by atoms with van der Waals surface area (Å²) in [6.07, 6.45) is 0.290. The molecule has 2 saturated heterocycles. The Morgan fingerprint density at radius 1 is 1.12 bits per heavy atom. The van der Waals surface area contributed by atoms with E-state index in [1.54, 1.807) is 11.8 Å². The van der Waals surface area contributed by atoms with Crippen LogP contribution in [0.1, 0.15) is 25.0 Å². The lowest BCUT2D eigenvalue weighted by molar-refractivity contribution is -1.02. The number of methoxy groups -OCH3 is 1. The summed E-state index contributed by atoms with van der Waals surface area (Å²) in [6, 6.07) is 11.0. The van der Waals surface area contributed by atoms with Crippen LogP contribution >= 0.6 is 0 Å². The molecule has 2 aromatic carbocycles. The smallest absolute Gasteiger partial charge is 0.354 e. The van der Waals surface area contributed by atoms with Gasteiger partial charge in [0, 0.05) is 36.5 Å². The minimum absolute atomic E-state index is 0.0436. The topological polar surface area (TPSA) is 97.7 Å². The summed E-state index contributed by atoms with van der Waals surface area (Å²) in [4.78, 5) is 29.8. The number of esters is 1. The zero-order valence-corrected chi connectivity index (χ0v) is 25.9. The number of rotatable bonds is 9. The van der Waals surface area contributed by atoms with E-state index in [2.05, 4.69) is 62.0 Å². The number of amides is 1. The van der Waals surface area contributed by atoms with Crippen molar-refractivity contribution in [2.24, 2.45) is 11.8 Å². The molecule has 0 aromatic heterocycles. The van der Waals surface area contributed by atoms with E-state index >= 15 is 0 Å². The number of aliphatic hydroxyl groups excluding tert-OH is 1. The van der Waals surface area contributed by atoms with Crippen LogP contribution in [0.25, 0.3) is 10.8 Å². The monoisotopic (exact) mass is 578 g/mol. The Morgan fingerprint density at radius 3 is 2.45 bits per heavy atom. The molecule has 2 aromatic rings. The maximum Gasteiger partial charge on any atom is 0.354 e. The van der Waals surface area contributed by atoms with Gasteiger partial charge in [0.15, 0.2) is 0 Å². The van der Waals surface area contributed by atoms with Crippen molar-refractivity contribution in [2.75, 3.05) is 78.5 Å². The van der Waals surface area contributed by atoms with Crippen LogP contribution in [0, 0.1) is 11.8 Å². The normalized spacial score (nSPS) is 31.0. The number of hydrogen-bond acceptors (Lipinski definition) is 5. The lowest BCUT2D eigenvalue weighted by atomic mass is 9.77. The average molecular weight is 579 g/mol. The van der Waals surface area contributed by atoms with Gasteiger partial charge < -0.3 is 34.3 Å². The molecule has 42 heavy (non-hydrogen) atoms. The zero-order valence-electron chi connectivity index (χ0n) is 25.9. The maximum absolute atomic E-state index is 13.0. The number of benzene rings is 2. The van der Waals surface area contributed by atoms with Gasteiger partial charge in [-0.05, 0) is 35.1 Å². The van der Waals surface area contributed by atoms with Crippen molar-refractivity contribution < 1.29 is 34.1 Å². The number of piperazine rings is 1. The number of ether oxygens (including phenoxy) is 1. The average Bonchev–Trinajstić information content (AvgIpc) is 3.44. The molecular formula is C33H48N5O4+3. The van der Waals surface area contributed by atoms with Crippen molar-refractivity contribution in [1.29, 1.82) is 0 Å². The van der Waals surface area contributed by atoms with Gasteiger partial charge in [-0.25, -0.2) is 4.79 Å². The molecule has 4 atom stereocenters. The van der Waals surface area contributed by atoms with Gasteiger partial charge in [0.25, 0.3) is 0 Å². The van der Waals surface area contributed by atoms with Crippen LogP contribution in [0.5, 0.6) is 0 Å². The fourth-order valence-electron chi connectivity index (χ4n) is 8.12. The van der Waals surface area contributed by atoms with Gasteiger partial charge in [-0.3, -0.25) is 4.79 Å². The molecule has 3 unspecified atom stereocenters. The van der Waals surface area contributed by atoms with Crippen molar-refractivity contribution in [3.8, 4) is 0 Å². The zero-order chi connectivity index (χ0) is 30.0. The molecule has 4 N–H and O–H groups in total. The number of aliphatic hydroxyl groups is 1. The predicted octanol–water partition coefficient (Wildman–Crippen LogP) is 1.14. The van der Waals surface area contributed by atoms with Crippen LogP contribution in [0.15, 0.2) is 41.6 Å². The van der Waals surface area contributed by atoms with Crippen LogP contribution in [0.3, 0.4) is 0 Å². The van der Waals surface area contributed by atoms with Crippen LogP contribution in [-0.2, 0) is 27.3 Å². The standard InChI is InChI=1S/C33H47N5O4/c1-21-26(31(33(41)42-5)36-30(21)28(22(2)39)32(36)40)20-35-19-24-10-9-23(25-7-6-8-27(35)29(24)25)11-13-37(3)15-17-38(4,14-12-34)18-16-37/h6-10,21-22,28,30,39H,11-20,34H2,1-5H3/q+2/p+1/t21-,22?,28?,30?,37?,38?/m0/s1. The number of likely N-dealkylation sites (N-methyl/N-ethyl adjacent to an activating group) is 2. The van der Waals surface area contributed by atoms with Gasteiger partial charge in [0.2, 0.25) is 5.91 Å². The second-order valence-corrected chi connectivity index (χ2v) is 13.7. The number of anilines is 1. The van der Waals surface area contributed by atoms with Crippen LogP contribution in [0.4, 0.5) is 5.69 Å². The van der Waals surface area contributed by atoms with E-state index < -0.39 is 18.0 Å². The van der Waals surface area contributed by atoms with Gasteiger partial charge in [-0.1, -0.05) is 31.2 Å². The second-order valence-electron chi connectivity index (χ2n) is 13.7. The Morgan fingerprint density at radius 2 is 1.81 bits per heavy atom. The van der Waals surface area contributed by atoms with Crippen molar-refractivity contribution in [3.05, 3.63) is 52.7 Å². The molecule has 1 amide bonds. The van der Waals surface area contributed by atoms with E-state index in [9.17, 15) is 14.7 Å². The van der Waals surface area contributed by atoms with E-state index in [0.29, 0.717) is 12.2 Å². The van der Waals surface area contributed by atoms with Crippen molar-refractivity contribution in [3.63, 3.8) is 0 Å². The SMILES string of the molecule is COC(=O)C1=C(CN2Cc3ccc(CC[N+]4(C)CC[N+](C)(CC[NH3+])CC4)c4cccc2c34)[C@H](C)C2C(C(C)O)C(=O)N12. The fourth-order valence-corrected chi connectivity index (χ4v) is 8.12. The Hall–Kier alpha value is -2.98. The molecule has 2 fully saturated rings. The first-order valence-electron chi connectivity index (χ1n) is 15.6. The van der Waals surface area contributed by atoms with Gasteiger partial charge >= 0.3 is 5.97 Å². The summed E-state index contributed by atoms with van der Waals surface area (Å²) >= 11 is 0. The van der Waals surface area contributed by atoms with E-state index in [1.807, 2.05) is 0 Å². The predicted molar refractivity (Wildman–Crippen MR) is 162 cm³/mol. The largest absolute Gasteiger partial charge is 0.464 e. The Balaban J connectivity index is 1.24. The number of hydrogen-bond donors (Lipinski definition) is 2. The summed E-state index contributed by atoms with van der Waals surface area (Å²) in [5.74, 6) is -1.20. The molecule has 0 bridgehead atoms. The summed E-state index contributed by atoms with van der Waals surface area (Å²) in [7, 11) is 6.16. The second kappa shape index (κ2) is 10.6. The molecule has 0 spiro atoms. The number of nitrogens with zero attached hydrogens (tertiary/aromatic N) is 4. The molecule has 9 nitrogen and oxygen atoms in total. The highest BCUT2D eigenvalue weighted by Crippen LogP contribution is 2.49. The molecule has 226 valence electrons. The number of β-lactam (4-membered cyclic amide) rings is 1. The third-order valence-corrected chi connectivity index (χ3v) is 10.9. The highest BCUT2D eigenvalue weighted by Gasteiger charge is 2.60. The van der Waals surface area contributed by atoms with E-state index in [0.717, 1.165) is 47.1 Å². The number of carbonyl (C=O) groups is 2. The van der Waals surface area contributed by atoms with Gasteiger partial charge in [0.1, 0.15) is 45.0 Å². The molecule has 0 aliphatic carbocycles. The highest BCUT2D eigenvalue weighted by molar-refractivity contribution is 6.03. The lowest BCUT2D eigenvalue weighted by Crippen LogP contribution is -2.68. The molecule has 4 aliphatic heterocycles. The number of quaternary nitrogens is 3. The molecule has 4 heterocycles.